The third kappa shape index (κ3) is 4.45. The zero-order valence-corrected chi connectivity index (χ0v) is 16.6. The van der Waals surface area contributed by atoms with Crippen LogP contribution in [0.15, 0.2) is 41.3 Å². The molecule has 2 aromatic rings. The van der Waals surface area contributed by atoms with E-state index >= 15 is 0 Å². The molecule has 1 aliphatic heterocycles. The molecule has 3 rings (SSSR count). The van der Waals surface area contributed by atoms with Crippen molar-refractivity contribution >= 4 is 15.7 Å². The van der Waals surface area contributed by atoms with Crippen LogP contribution in [-0.4, -0.2) is 34.5 Å². The van der Waals surface area contributed by atoms with E-state index in [1.807, 2.05) is 0 Å². The fourth-order valence-electron chi connectivity index (χ4n) is 2.69. The van der Waals surface area contributed by atoms with Crippen molar-refractivity contribution in [3.05, 3.63) is 42.0 Å². The molecule has 0 radical (unpaired) electrons. The SMILES string of the molecule is COCCOc1ccc(S(=O)(=O)Nc2ccc3c(c2)OC(C)(C)O3)cc1C. The maximum Gasteiger partial charge on any atom is 0.261 e. The minimum Gasteiger partial charge on any atom is -0.491 e. The second-order valence-electron chi connectivity index (χ2n) is 6.64. The lowest BCUT2D eigenvalue weighted by atomic mass is 10.2. The molecular weight excluding hydrogens is 370 g/mol. The molecule has 0 spiro atoms. The van der Waals surface area contributed by atoms with Crippen LogP contribution < -0.4 is 18.9 Å². The number of nitrogens with one attached hydrogen (secondary N) is 1. The Morgan fingerprint density at radius 1 is 1.04 bits per heavy atom. The van der Waals surface area contributed by atoms with E-state index in [0.29, 0.717) is 36.1 Å². The Labute approximate surface area is 159 Å². The Morgan fingerprint density at radius 2 is 1.78 bits per heavy atom. The molecule has 0 saturated heterocycles. The zero-order chi connectivity index (χ0) is 19.7. The molecule has 0 amide bonds. The minimum atomic E-state index is -3.75. The average molecular weight is 393 g/mol. The van der Waals surface area contributed by atoms with E-state index in [1.165, 1.54) is 6.07 Å². The van der Waals surface area contributed by atoms with Crippen molar-refractivity contribution in [1.82, 2.24) is 0 Å². The smallest absolute Gasteiger partial charge is 0.261 e. The number of ether oxygens (including phenoxy) is 4. The predicted octanol–water partition coefficient (Wildman–Crippen LogP) is 3.33. The van der Waals surface area contributed by atoms with Crippen molar-refractivity contribution in [2.45, 2.75) is 31.5 Å². The summed E-state index contributed by atoms with van der Waals surface area (Å²) in [4.78, 5) is 0.150. The Hall–Kier alpha value is -2.45. The topological polar surface area (TPSA) is 83.1 Å². The number of benzene rings is 2. The first-order chi connectivity index (χ1) is 12.7. The summed E-state index contributed by atoms with van der Waals surface area (Å²) >= 11 is 0. The summed E-state index contributed by atoms with van der Waals surface area (Å²) in [6.45, 7) is 6.23. The number of methoxy groups -OCH3 is 1. The van der Waals surface area contributed by atoms with Crippen molar-refractivity contribution in [1.29, 1.82) is 0 Å². The van der Waals surface area contributed by atoms with Gasteiger partial charge in [0, 0.05) is 27.0 Å². The monoisotopic (exact) mass is 393 g/mol. The van der Waals surface area contributed by atoms with Crippen LogP contribution >= 0.6 is 0 Å². The Morgan fingerprint density at radius 3 is 2.48 bits per heavy atom. The molecule has 8 heteroatoms. The van der Waals surface area contributed by atoms with Crippen LogP contribution in [0.3, 0.4) is 0 Å². The molecule has 0 atom stereocenters. The van der Waals surface area contributed by atoms with Gasteiger partial charge < -0.3 is 18.9 Å². The first-order valence-corrected chi connectivity index (χ1v) is 9.96. The number of hydrogen-bond donors (Lipinski definition) is 1. The number of anilines is 1. The third-order valence-corrected chi connectivity index (χ3v) is 5.29. The van der Waals surface area contributed by atoms with Gasteiger partial charge >= 0.3 is 0 Å². The highest BCUT2D eigenvalue weighted by Gasteiger charge is 2.32. The molecule has 146 valence electrons. The van der Waals surface area contributed by atoms with E-state index in [-0.39, 0.29) is 4.90 Å². The lowest BCUT2D eigenvalue weighted by Gasteiger charge is -2.16. The van der Waals surface area contributed by atoms with E-state index in [4.69, 9.17) is 18.9 Å². The van der Waals surface area contributed by atoms with Gasteiger partial charge in [-0.3, -0.25) is 4.72 Å². The van der Waals surface area contributed by atoms with E-state index in [0.717, 1.165) is 5.56 Å². The van der Waals surface area contributed by atoms with Gasteiger partial charge in [-0.2, -0.15) is 0 Å². The van der Waals surface area contributed by atoms with Crippen molar-refractivity contribution < 1.29 is 27.4 Å². The summed E-state index contributed by atoms with van der Waals surface area (Å²) in [5, 5.41) is 0. The van der Waals surface area contributed by atoms with Crippen molar-refractivity contribution in [3.63, 3.8) is 0 Å². The van der Waals surface area contributed by atoms with Crippen LogP contribution in [-0.2, 0) is 14.8 Å². The van der Waals surface area contributed by atoms with Crippen LogP contribution in [0, 0.1) is 6.92 Å². The number of hydrogen-bond acceptors (Lipinski definition) is 6. The molecular formula is C19H23NO6S. The molecule has 1 heterocycles. The largest absolute Gasteiger partial charge is 0.491 e. The lowest BCUT2D eigenvalue weighted by Crippen LogP contribution is -2.29. The molecule has 7 nitrogen and oxygen atoms in total. The summed E-state index contributed by atoms with van der Waals surface area (Å²) in [6.07, 6.45) is 0. The van der Waals surface area contributed by atoms with Crippen LogP contribution in [0.2, 0.25) is 0 Å². The van der Waals surface area contributed by atoms with E-state index in [9.17, 15) is 8.42 Å². The number of aryl methyl sites for hydroxylation is 1. The van der Waals surface area contributed by atoms with Crippen molar-refractivity contribution in [3.8, 4) is 17.2 Å². The highest BCUT2D eigenvalue weighted by molar-refractivity contribution is 7.92. The fourth-order valence-corrected chi connectivity index (χ4v) is 3.82. The van der Waals surface area contributed by atoms with Crippen molar-refractivity contribution in [2.24, 2.45) is 0 Å². The maximum absolute atomic E-state index is 12.7. The maximum atomic E-state index is 12.7. The number of rotatable bonds is 7. The molecule has 0 bridgehead atoms. The molecule has 1 N–H and O–H groups in total. The number of fused-ring (bicyclic) bond motifs is 1. The second kappa shape index (κ2) is 7.28. The van der Waals surface area contributed by atoms with Gasteiger partial charge in [0.15, 0.2) is 11.5 Å². The summed E-state index contributed by atoms with van der Waals surface area (Å²) in [6, 6.07) is 9.64. The molecule has 0 aliphatic carbocycles. The minimum absolute atomic E-state index is 0.150. The molecule has 0 unspecified atom stereocenters. The van der Waals surface area contributed by atoms with Gasteiger partial charge in [-0.15, -0.1) is 0 Å². The van der Waals surface area contributed by atoms with E-state index in [2.05, 4.69) is 4.72 Å². The van der Waals surface area contributed by atoms with Crippen LogP contribution in [0.25, 0.3) is 0 Å². The Bertz CT molecular complexity index is 939. The molecule has 0 saturated carbocycles. The molecule has 2 aromatic carbocycles. The van der Waals surface area contributed by atoms with Gasteiger partial charge in [0.1, 0.15) is 12.4 Å². The standard InChI is InChI=1S/C19H23NO6S/c1-13-11-15(6-8-16(13)24-10-9-23-4)27(21,22)20-14-5-7-17-18(12-14)26-19(2,3)25-17/h5-8,11-12,20H,9-10H2,1-4H3. The normalized spacial score (nSPS) is 14.8. The Kier molecular flexibility index (Phi) is 5.21. The van der Waals surface area contributed by atoms with Gasteiger partial charge in [-0.25, -0.2) is 8.42 Å². The molecule has 27 heavy (non-hydrogen) atoms. The van der Waals surface area contributed by atoms with Crippen LogP contribution in [0.1, 0.15) is 19.4 Å². The Balaban J connectivity index is 1.77. The fraction of sp³-hybridized carbons (Fsp3) is 0.368. The van der Waals surface area contributed by atoms with Gasteiger partial charge in [0.2, 0.25) is 5.79 Å². The van der Waals surface area contributed by atoms with Crippen molar-refractivity contribution in [2.75, 3.05) is 25.0 Å². The second-order valence-corrected chi connectivity index (χ2v) is 8.32. The first kappa shape index (κ1) is 19.3. The molecule has 0 aromatic heterocycles. The molecule has 0 fully saturated rings. The van der Waals surface area contributed by atoms with Crippen LogP contribution in [0.4, 0.5) is 5.69 Å². The van der Waals surface area contributed by atoms with Gasteiger partial charge in [0.05, 0.1) is 17.2 Å². The molecule has 1 aliphatic rings. The summed E-state index contributed by atoms with van der Waals surface area (Å²) in [5.74, 6) is 0.932. The summed E-state index contributed by atoms with van der Waals surface area (Å²) in [5.41, 5.74) is 1.12. The van der Waals surface area contributed by atoms with Gasteiger partial charge in [-0.05, 0) is 42.8 Å². The van der Waals surface area contributed by atoms with Gasteiger partial charge in [-0.1, -0.05) is 0 Å². The summed E-state index contributed by atoms with van der Waals surface area (Å²) < 4.78 is 49.8. The third-order valence-electron chi connectivity index (χ3n) is 3.91. The highest BCUT2D eigenvalue weighted by Crippen LogP contribution is 2.41. The summed E-state index contributed by atoms with van der Waals surface area (Å²) in [7, 11) is -2.16. The quantitative estimate of drug-likeness (QED) is 0.727. The number of sulfonamides is 1. The zero-order valence-electron chi connectivity index (χ0n) is 15.7. The first-order valence-electron chi connectivity index (χ1n) is 8.47. The van der Waals surface area contributed by atoms with Crippen LogP contribution in [0.5, 0.6) is 17.2 Å². The van der Waals surface area contributed by atoms with Gasteiger partial charge in [0.25, 0.3) is 10.0 Å². The lowest BCUT2D eigenvalue weighted by molar-refractivity contribution is -0.0431. The van der Waals surface area contributed by atoms with E-state index in [1.54, 1.807) is 58.2 Å². The highest BCUT2D eigenvalue weighted by atomic mass is 32.2. The van der Waals surface area contributed by atoms with E-state index < -0.39 is 15.8 Å². The average Bonchev–Trinajstić information content (AvgIpc) is 2.89. The predicted molar refractivity (Wildman–Crippen MR) is 101 cm³/mol.